The molecule has 27 heavy (non-hydrogen) atoms. The maximum Gasteiger partial charge on any atom is 0.272 e. The number of hydrogen-bond acceptors (Lipinski definition) is 4. The van der Waals surface area contributed by atoms with Gasteiger partial charge in [-0.1, -0.05) is 31.5 Å². The van der Waals surface area contributed by atoms with Crippen LogP contribution in [0.25, 0.3) is 10.9 Å². The first-order chi connectivity index (χ1) is 13.1. The highest BCUT2D eigenvalue weighted by Gasteiger charge is 2.19. The first-order valence-electron chi connectivity index (χ1n) is 10.3. The summed E-state index contributed by atoms with van der Waals surface area (Å²) in [6.45, 7) is 13.6. The lowest BCUT2D eigenvalue weighted by atomic mass is 10.2. The second-order valence-electron chi connectivity index (χ2n) is 7.70. The highest BCUT2D eigenvalue weighted by atomic mass is 16.1. The molecule has 0 radical (unpaired) electrons. The van der Waals surface area contributed by atoms with Gasteiger partial charge in [-0.25, -0.2) is 0 Å². The van der Waals surface area contributed by atoms with Gasteiger partial charge in [-0.2, -0.15) is 5.10 Å². The number of benzene rings is 1. The summed E-state index contributed by atoms with van der Waals surface area (Å²) in [5.41, 5.74) is 1.55. The van der Waals surface area contributed by atoms with Gasteiger partial charge in [-0.05, 0) is 32.9 Å². The minimum Gasteiger partial charge on any atom is -0.349 e. The van der Waals surface area contributed by atoms with Crippen molar-refractivity contribution in [3.05, 3.63) is 30.0 Å². The van der Waals surface area contributed by atoms with Crippen molar-refractivity contribution in [3.63, 3.8) is 0 Å². The number of carbonyl (C=O) groups is 1. The maximum absolute atomic E-state index is 12.7. The Morgan fingerprint density at radius 3 is 2.44 bits per heavy atom. The predicted octanol–water partition coefficient (Wildman–Crippen LogP) is 2.76. The van der Waals surface area contributed by atoms with Crippen molar-refractivity contribution in [1.82, 2.24) is 24.9 Å². The fourth-order valence-corrected chi connectivity index (χ4v) is 3.68. The van der Waals surface area contributed by atoms with Crippen LogP contribution in [0.1, 0.15) is 50.1 Å². The largest absolute Gasteiger partial charge is 0.349 e. The number of aromatic nitrogens is 2. The number of para-hydroxylation sites is 1. The van der Waals surface area contributed by atoms with E-state index in [9.17, 15) is 4.79 Å². The number of unbranched alkanes of at least 4 members (excludes halogenated alkanes) is 1. The van der Waals surface area contributed by atoms with E-state index in [-0.39, 0.29) is 11.9 Å². The van der Waals surface area contributed by atoms with E-state index in [1.54, 1.807) is 0 Å². The molecule has 0 saturated carbocycles. The molecular formula is C21H33N5O. The first kappa shape index (κ1) is 19.8. The van der Waals surface area contributed by atoms with Crippen molar-refractivity contribution in [2.24, 2.45) is 0 Å². The molecule has 1 aromatic carbocycles. The molecule has 0 atom stereocenters. The number of nitrogens with one attached hydrogen (secondary N) is 1. The lowest BCUT2D eigenvalue weighted by molar-refractivity contribution is 0.0931. The molecule has 1 aliphatic heterocycles. The molecule has 1 aromatic heterocycles. The van der Waals surface area contributed by atoms with Gasteiger partial charge in [0.2, 0.25) is 0 Å². The van der Waals surface area contributed by atoms with Gasteiger partial charge in [0, 0.05) is 50.7 Å². The molecule has 2 heterocycles. The summed E-state index contributed by atoms with van der Waals surface area (Å²) in [4.78, 5) is 17.7. The molecule has 2 aromatic rings. The number of fused-ring (bicyclic) bond motifs is 1. The third-order valence-corrected chi connectivity index (χ3v) is 5.32. The van der Waals surface area contributed by atoms with Crippen LogP contribution in [0.2, 0.25) is 0 Å². The Labute approximate surface area is 162 Å². The van der Waals surface area contributed by atoms with E-state index >= 15 is 0 Å². The van der Waals surface area contributed by atoms with Crippen molar-refractivity contribution in [3.8, 4) is 0 Å². The van der Waals surface area contributed by atoms with Crippen molar-refractivity contribution in [1.29, 1.82) is 0 Å². The van der Waals surface area contributed by atoms with Gasteiger partial charge in [0.15, 0.2) is 5.69 Å². The van der Waals surface area contributed by atoms with Gasteiger partial charge < -0.3 is 10.2 Å². The third-order valence-electron chi connectivity index (χ3n) is 5.32. The van der Waals surface area contributed by atoms with Crippen LogP contribution >= 0.6 is 0 Å². The van der Waals surface area contributed by atoms with Gasteiger partial charge in [0.25, 0.3) is 5.91 Å². The molecule has 3 rings (SSSR count). The summed E-state index contributed by atoms with van der Waals surface area (Å²) in [6.07, 6.45) is 2.54. The van der Waals surface area contributed by atoms with Crippen LogP contribution in [0.3, 0.4) is 0 Å². The van der Waals surface area contributed by atoms with E-state index in [1.165, 1.54) is 19.4 Å². The van der Waals surface area contributed by atoms with Crippen LogP contribution in [-0.2, 0) is 0 Å². The lowest BCUT2D eigenvalue weighted by Gasteiger charge is -2.34. The molecular weight excluding hydrogens is 338 g/mol. The minimum atomic E-state index is -0.0767. The Bertz CT molecular complexity index is 746. The summed E-state index contributed by atoms with van der Waals surface area (Å²) < 4.78 is 1.93. The number of piperazine rings is 1. The van der Waals surface area contributed by atoms with Gasteiger partial charge in [0.1, 0.15) is 0 Å². The van der Waals surface area contributed by atoms with E-state index in [2.05, 4.69) is 41.0 Å². The standard InChI is InChI=1S/C21H33N5O/c1-4-5-11-24-13-15-25(16-14-24)12-10-22-21(27)20-18-8-6-7-9-19(18)26(23-20)17(2)3/h6-9,17H,4-5,10-16H2,1-3H3,(H,22,27). The van der Waals surface area contributed by atoms with E-state index < -0.39 is 0 Å². The van der Waals surface area contributed by atoms with Crippen molar-refractivity contribution in [2.45, 2.75) is 39.7 Å². The number of nitrogens with zero attached hydrogens (tertiary/aromatic N) is 4. The smallest absolute Gasteiger partial charge is 0.272 e. The molecule has 6 nitrogen and oxygen atoms in total. The van der Waals surface area contributed by atoms with E-state index in [1.807, 2.05) is 28.9 Å². The highest BCUT2D eigenvalue weighted by molar-refractivity contribution is 6.04. The van der Waals surface area contributed by atoms with E-state index in [0.717, 1.165) is 43.6 Å². The zero-order valence-corrected chi connectivity index (χ0v) is 16.9. The quantitative estimate of drug-likeness (QED) is 0.775. The highest BCUT2D eigenvalue weighted by Crippen LogP contribution is 2.21. The molecule has 1 aliphatic rings. The Hall–Kier alpha value is -1.92. The molecule has 0 spiro atoms. The average Bonchev–Trinajstić information content (AvgIpc) is 3.07. The third kappa shape index (κ3) is 4.87. The second kappa shape index (κ2) is 9.33. The number of carbonyl (C=O) groups excluding carboxylic acids is 1. The summed E-state index contributed by atoms with van der Waals surface area (Å²) in [5, 5.41) is 8.57. The summed E-state index contributed by atoms with van der Waals surface area (Å²) in [5.74, 6) is -0.0767. The Balaban J connectivity index is 1.51. The average molecular weight is 372 g/mol. The molecule has 1 fully saturated rings. The van der Waals surface area contributed by atoms with Crippen molar-refractivity contribution in [2.75, 3.05) is 45.8 Å². The van der Waals surface area contributed by atoms with Crippen LogP contribution in [0.5, 0.6) is 0 Å². The van der Waals surface area contributed by atoms with E-state index in [4.69, 9.17) is 0 Å². The van der Waals surface area contributed by atoms with Gasteiger partial charge in [-0.3, -0.25) is 14.4 Å². The molecule has 6 heteroatoms. The summed E-state index contributed by atoms with van der Waals surface area (Å²) in [6, 6.07) is 8.18. The van der Waals surface area contributed by atoms with Crippen molar-refractivity contribution < 1.29 is 4.79 Å². The van der Waals surface area contributed by atoms with E-state index in [0.29, 0.717) is 12.2 Å². The van der Waals surface area contributed by atoms with Crippen LogP contribution < -0.4 is 5.32 Å². The van der Waals surface area contributed by atoms with Crippen LogP contribution in [0, 0.1) is 0 Å². The first-order valence-corrected chi connectivity index (χ1v) is 10.3. The Kier molecular flexibility index (Phi) is 6.85. The fraction of sp³-hybridized carbons (Fsp3) is 0.619. The number of hydrogen-bond donors (Lipinski definition) is 1. The molecule has 148 valence electrons. The summed E-state index contributed by atoms with van der Waals surface area (Å²) in [7, 11) is 0. The minimum absolute atomic E-state index is 0.0767. The van der Waals surface area contributed by atoms with Crippen LogP contribution in [0.15, 0.2) is 24.3 Å². The van der Waals surface area contributed by atoms with Gasteiger partial charge in [-0.15, -0.1) is 0 Å². The molecule has 0 unspecified atom stereocenters. The molecule has 1 N–H and O–H groups in total. The maximum atomic E-state index is 12.7. The molecule has 0 aliphatic carbocycles. The Morgan fingerprint density at radius 2 is 1.78 bits per heavy atom. The molecule has 0 bridgehead atoms. The Morgan fingerprint density at radius 1 is 1.11 bits per heavy atom. The molecule has 1 saturated heterocycles. The monoisotopic (exact) mass is 371 g/mol. The predicted molar refractivity (Wildman–Crippen MR) is 110 cm³/mol. The lowest BCUT2D eigenvalue weighted by Crippen LogP contribution is -2.48. The zero-order valence-electron chi connectivity index (χ0n) is 16.9. The normalized spacial score (nSPS) is 16.3. The number of amides is 1. The number of rotatable bonds is 8. The van der Waals surface area contributed by atoms with Crippen LogP contribution in [0.4, 0.5) is 0 Å². The topological polar surface area (TPSA) is 53.4 Å². The fourth-order valence-electron chi connectivity index (χ4n) is 3.68. The van der Waals surface area contributed by atoms with Crippen molar-refractivity contribution >= 4 is 16.8 Å². The SMILES string of the molecule is CCCCN1CCN(CCNC(=O)c2nn(C(C)C)c3ccccc23)CC1. The zero-order chi connectivity index (χ0) is 19.2. The molecule has 1 amide bonds. The van der Waals surface area contributed by atoms with Gasteiger partial charge in [0.05, 0.1) is 5.52 Å². The van der Waals surface area contributed by atoms with Gasteiger partial charge >= 0.3 is 0 Å². The second-order valence-corrected chi connectivity index (χ2v) is 7.70. The summed E-state index contributed by atoms with van der Waals surface area (Å²) >= 11 is 0. The van der Waals surface area contributed by atoms with Crippen LogP contribution in [-0.4, -0.2) is 71.3 Å².